The Morgan fingerprint density at radius 1 is 1.23 bits per heavy atom. The van der Waals surface area contributed by atoms with Crippen molar-refractivity contribution in [1.82, 2.24) is 9.97 Å². The van der Waals surface area contributed by atoms with Gasteiger partial charge in [0, 0.05) is 24.1 Å². The number of nitrogen functional groups attached to an aromatic ring is 1. The summed E-state index contributed by atoms with van der Waals surface area (Å²) in [6.45, 7) is 4.39. The minimum absolute atomic E-state index is 0.115. The third-order valence-corrected chi connectivity index (χ3v) is 4.14. The Morgan fingerprint density at radius 3 is 2.55 bits per heavy atom. The van der Waals surface area contributed by atoms with Gasteiger partial charge in [0.2, 0.25) is 0 Å². The highest BCUT2D eigenvalue weighted by atomic mass is 32.2. The monoisotopic (exact) mass is 322 g/mol. The summed E-state index contributed by atoms with van der Waals surface area (Å²) in [4.78, 5) is 8.46. The number of nitrogens with two attached hydrogens (primary N) is 1. The van der Waals surface area contributed by atoms with Crippen molar-refractivity contribution in [3.05, 3.63) is 41.9 Å². The molecule has 8 heteroatoms. The van der Waals surface area contributed by atoms with Crippen molar-refractivity contribution in [3.8, 4) is 0 Å². The molecule has 0 spiro atoms. The van der Waals surface area contributed by atoms with Crippen LogP contribution in [0.1, 0.15) is 18.4 Å². The number of aromatic nitrogens is 2. The van der Waals surface area contributed by atoms with E-state index in [9.17, 15) is 8.42 Å². The molecule has 118 valence electrons. The summed E-state index contributed by atoms with van der Waals surface area (Å²) in [6, 6.07) is 7.49. The van der Waals surface area contributed by atoms with Gasteiger partial charge in [-0.2, -0.15) is 0 Å². The largest absolute Gasteiger partial charge is 0.399 e. The lowest BCUT2D eigenvalue weighted by molar-refractivity contribution is 0.128. The molecular weight excluding hydrogens is 304 g/mol. The van der Waals surface area contributed by atoms with Gasteiger partial charge in [-0.05, 0) is 38.1 Å². The zero-order chi connectivity index (χ0) is 16.2. The standard InChI is InChI=1S/C14H18N4O3S/c1-3-21-9-14-16-10(2)8-13(17-14)18-22(19,20)12-6-4-11(15)5-7-12/h4-8H,3,9,15H2,1-2H3,(H,16,17,18). The van der Waals surface area contributed by atoms with Crippen LogP contribution >= 0.6 is 0 Å². The molecule has 0 saturated carbocycles. The molecule has 22 heavy (non-hydrogen) atoms. The normalized spacial score (nSPS) is 11.4. The summed E-state index contributed by atoms with van der Waals surface area (Å²) in [6.07, 6.45) is 0. The summed E-state index contributed by atoms with van der Waals surface area (Å²) in [5.74, 6) is 0.635. The van der Waals surface area contributed by atoms with Crippen molar-refractivity contribution in [1.29, 1.82) is 0 Å². The van der Waals surface area contributed by atoms with Gasteiger partial charge in [0.15, 0.2) is 5.82 Å². The van der Waals surface area contributed by atoms with Gasteiger partial charge >= 0.3 is 0 Å². The SMILES string of the molecule is CCOCc1nc(C)cc(NS(=O)(=O)c2ccc(N)cc2)n1. The molecule has 0 aliphatic heterocycles. The van der Waals surface area contributed by atoms with E-state index in [2.05, 4.69) is 14.7 Å². The van der Waals surface area contributed by atoms with Crippen LogP contribution in [-0.4, -0.2) is 25.0 Å². The minimum atomic E-state index is -3.72. The van der Waals surface area contributed by atoms with Crippen molar-refractivity contribution < 1.29 is 13.2 Å². The maximum atomic E-state index is 12.3. The molecule has 0 unspecified atom stereocenters. The first-order chi connectivity index (χ1) is 10.4. The highest BCUT2D eigenvalue weighted by Crippen LogP contribution is 2.16. The van der Waals surface area contributed by atoms with Crippen LogP contribution in [0.15, 0.2) is 35.2 Å². The predicted octanol–water partition coefficient (Wildman–Crippen LogP) is 1.70. The molecule has 0 amide bonds. The molecule has 1 heterocycles. The van der Waals surface area contributed by atoms with Crippen molar-refractivity contribution in [2.24, 2.45) is 0 Å². The van der Waals surface area contributed by atoms with Gasteiger partial charge in [0.1, 0.15) is 12.4 Å². The smallest absolute Gasteiger partial charge is 0.263 e. The van der Waals surface area contributed by atoms with Gasteiger partial charge in [-0.3, -0.25) is 4.72 Å². The predicted molar refractivity (Wildman–Crippen MR) is 83.8 cm³/mol. The van der Waals surface area contributed by atoms with Gasteiger partial charge < -0.3 is 10.5 Å². The van der Waals surface area contributed by atoms with E-state index in [0.717, 1.165) is 0 Å². The average Bonchev–Trinajstić information content (AvgIpc) is 2.44. The van der Waals surface area contributed by atoms with Crippen LogP contribution < -0.4 is 10.5 Å². The highest BCUT2D eigenvalue weighted by molar-refractivity contribution is 7.92. The molecule has 0 radical (unpaired) electrons. The number of nitrogens with zero attached hydrogens (tertiary/aromatic N) is 2. The number of ether oxygens (including phenoxy) is 1. The van der Waals surface area contributed by atoms with E-state index < -0.39 is 10.0 Å². The molecule has 0 saturated heterocycles. The first-order valence-electron chi connectivity index (χ1n) is 6.71. The van der Waals surface area contributed by atoms with Crippen molar-refractivity contribution in [2.75, 3.05) is 17.1 Å². The minimum Gasteiger partial charge on any atom is -0.399 e. The molecule has 0 fully saturated rings. The van der Waals surface area contributed by atoms with Gasteiger partial charge in [0.05, 0.1) is 4.90 Å². The van der Waals surface area contributed by atoms with Gasteiger partial charge in [0.25, 0.3) is 10.0 Å². The van der Waals surface area contributed by atoms with Gasteiger partial charge in [-0.15, -0.1) is 0 Å². The first-order valence-corrected chi connectivity index (χ1v) is 8.19. The molecule has 1 aromatic carbocycles. The van der Waals surface area contributed by atoms with E-state index in [4.69, 9.17) is 10.5 Å². The third-order valence-electron chi connectivity index (χ3n) is 2.77. The summed E-state index contributed by atoms with van der Waals surface area (Å²) in [5.41, 5.74) is 6.71. The molecule has 2 rings (SSSR count). The van der Waals surface area contributed by atoms with Crippen molar-refractivity contribution in [3.63, 3.8) is 0 Å². The lowest BCUT2D eigenvalue weighted by Crippen LogP contribution is -2.15. The lowest BCUT2D eigenvalue weighted by atomic mass is 10.3. The number of sulfonamides is 1. The van der Waals surface area contributed by atoms with Crippen LogP contribution in [-0.2, 0) is 21.4 Å². The summed E-state index contributed by atoms with van der Waals surface area (Å²) < 4.78 is 32.3. The quantitative estimate of drug-likeness (QED) is 0.784. The van der Waals surface area contributed by atoms with Crippen LogP contribution in [0.5, 0.6) is 0 Å². The first kappa shape index (κ1) is 16.2. The fraction of sp³-hybridized carbons (Fsp3) is 0.286. The van der Waals surface area contributed by atoms with E-state index in [0.29, 0.717) is 23.8 Å². The molecule has 0 bridgehead atoms. The fourth-order valence-electron chi connectivity index (χ4n) is 1.78. The zero-order valence-corrected chi connectivity index (χ0v) is 13.2. The fourth-order valence-corrected chi connectivity index (χ4v) is 2.78. The molecule has 3 N–H and O–H groups in total. The Hall–Kier alpha value is -2.19. The average molecular weight is 322 g/mol. The van der Waals surface area contributed by atoms with E-state index in [1.807, 2.05) is 6.92 Å². The Morgan fingerprint density at radius 2 is 1.91 bits per heavy atom. The molecular formula is C14H18N4O3S. The van der Waals surface area contributed by atoms with Crippen molar-refractivity contribution >= 4 is 21.5 Å². The number of nitrogens with one attached hydrogen (secondary N) is 1. The van der Waals surface area contributed by atoms with E-state index >= 15 is 0 Å². The third kappa shape index (κ3) is 4.15. The van der Waals surface area contributed by atoms with Crippen LogP contribution in [0.25, 0.3) is 0 Å². The second kappa shape index (κ2) is 6.71. The van der Waals surface area contributed by atoms with E-state index in [-0.39, 0.29) is 17.3 Å². The molecule has 0 aliphatic carbocycles. The van der Waals surface area contributed by atoms with Crippen LogP contribution in [0, 0.1) is 6.92 Å². The molecule has 0 aliphatic rings. The van der Waals surface area contributed by atoms with Crippen molar-refractivity contribution in [2.45, 2.75) is 25.3 Å². The second-order valence-electron chi connectivity index (χ2n) is 4.62. The summed E-state index contributed by atoms with van der Waals surface area (Å²) >= 11 is 0. The second-order valence-corrected chi connectivity index (χ2v) is 6.30. The maximum Gasteiger partial charge on any atom is 0.263 e. The number of rotatable bonds is 6. The number of anilines is 2. The summed E-state index contributed by atoms with van der Waals surface area (Å²) in [7, 11) is -3.72. The number of hydrogen-bond acceptors (Lipinski definition) is 6. The summed E-state index contributed by atoms with van der Waals surface area (Å²) in [5, 5.41) is 0. The highest BCUT2D eigenvalue weighted by Gasteiger charge is 2.15. The van der Waals surface area contributed by atoms with Crippen LogP contribution in [0.4, 0.5) is 11.5 Å². The van der Waals surface area contributed by atoms with Gasteiger partial charge in [-0.25, -0.2) is 18.4 Å². The molecule has 1 aromatic heterocycles. The maximum absolute atomic E-state index is 12.3. The number of aryl methyl sites for hydroxylation is 1. The molecule has 2 aromatic rings. The van der Waals surface area contributed by atoms with E-state index in [1.165, 1.54) is 24.3 Å². The van der Waals surface area contributed by atoms with Gasteiger partial charge in [-0.1, -0.05) is 0 Å². The topological polar surface area (TPSA) is 107 Å². The number of hydrogen-bond donors (Lipinski definition) is 2. The Labute approximate surface area is 129 Å². The Balaban J connectivity index is 2.25. The molecule has 0 atom stereocenters. The van der Waals surface area contributed by atoms with E-state index in [1.54, 1.807) is 13.0 Å². The van der Waals surface area contributed by atoms with Crippen LogP contribution in [0.2, 0.25) is 0 Å². The Kier molecular flexibility index (Phi) is 4.94. The Bertz CT molecular complexity index is 745. The zero-order valence-electron chi connectivity index (χ0n) is 12.4. The molecule has 7 nitrogen and oxygen atoms in total. The number of benzene rings is 1. The lowest BCUT2D eigenvalue weighted by Gasteiger charge is -2.10. The van der Waals surface area contributed by atoms with Crippen LogP contribution in [0.3, 0.4) is 0 Å².